The lowest BCUT2D eigenvalue weighted by Gasteiger charge is -2.42. The van der Waals surface area contributed by atoms with E-state index in [1.165, 1.54) is 39.4 Å². The first-order chi connectivity index (χ1) is 12.0. The Bertz CT molecular complexity index is 987. The van der Waals surface area contributed by atoms with Crippen molar-refractivity contribution in [1.29, 1.82) is 5.41 Å². The van der Waals surface area contributed by atoms with Crippen LogP contribution in [0.4, 0.5) is 4.39 Å². The summed E-state index contributed by atoms with van der Waals surface area (Å²) < 4.78 is 43.7. The number of nitrogens with zero attached hydrogens (tertiary/aromatic N) is 2. The number of nitrogens with one attached hydrogen (secondary N) is 2. The van der Waals surface area contributed by atoms with Gasteiger partial charge in [0, 0.05) is 0 Å². The average molecular weight is 398 g/mol. The molecule has 0 aromatic carbocycles. The Morgan fingerprint density at radius 2 is 2.04 bits per heavy atom. The molecule has 0 radical (unpaired) electrons. The molecule has 10 heteroatoms. The fourth-order valence-corrected chi connectivity index (χ4v) is 5.62. The minimum absolute atomic E-state index is 0.151. The summed E-state index contributed by atoms with van der Waals surface area (Å²) in [6.07, 6.45) is 2.92. The van der Waals surface area contributed by atoms with E-state index in [1.54, 1.807) is 6.92 Å². The summed E-state index contributed by atoms with van der Waals surface area (Å²) in [7, 11) is -2.19. The summed E-state index contributed by atoms with van der Waals surface area (Å²) in [5.74, 6) is -0.712. The van der Waals surface area contributed by atoms with Gasteiger partial charge in [0.25, 0.3) is 0 Å². The SMILES string of the molecule is COc1cncc(-c2cc(F)c([C@]3(C)CS(=O)(=O)C(C)(C)C(=N)N3)s2)n1. The average Bonchev–Trinajstić information content (AvgIpc) is 2.95. The van der Waals surface area contributed by atoms with Crippen molar-refractivity contribution in [3.63, 3.8) is 0 Å². The molecule has 3 rings (SSSR count). The molecular formula is C16H19FN4O3S2. The Labute approximate surface area is 155 Å². The number of halogens is 1. The molecule has 0 unspecified atom stereocenters. The molecule has 2 N–H and O–H groups in total. The predicted octanol–water partition coefficient (Wildman–Crippen LogP) is 2.34. The Morgan fingerprint density at radius 3 is 2.65 bits per heavy atom. The van der Waals surface area contributed by atoms with Gasteiger partial charge in [0.2, 0.25) is 5.88 Å². The van der Waals surface area contributed by atoms with Gasteiger partial charge in [-0.15, -0.1) is 11.3 Å². The fraction of sp³-hybridized carbons (Fsp3) is 0.438. The molecule has 140 valence electrons. The van der Waals surface area contributed by atoms with Crippen LogP contribution in [0.15, 0.2) is 18.5 Å². The number of thiophene rings is 1. The van der Waals surface area contributed by atoms with E-state index in [0.29, 0.717) is 16.5 Å². The summed E-state index contributed by atoms with van der Waals surface area (Å²) in [4.78, 5) is 8.94. The second kappa shape index (κ2) is 5.98. The van der Waals surface area contributed by atoms with E-state index in [-0.39, 0.29) is 16.5 Å². The largest absolute Gasteiger partial charge is 0.480 e. The van der Waals surface area contributed by atoms with Crippen LogP contribution in [0, 0.1) is 11.2 Å². The van der Waals surface area contributed by atoms with Gasteiger partial charge in [-0.1, -0.05) is 0 Å². The molecule has 1 fully saturated rings. The summed E-state index contributed by atoms with van der Waals surface area (Å²) in [5.41, 5.74) is -0.803. The van der Waals surface area contributed by atoms with Crippen molar-refractivity contribution in [2.45, 2.75) is 31.1 Å². The highest BCUT2D eigenvalue weighted by molar-refractivity contribution is 7.93. The number of methoxy groups -OCH3 is 1. The van der Waals surface area contributed by atoms with E-state index in [1.807, 2.05) is 0 Å². The molecular weight excluding hydrogens is 379 g/mol. The number of rotatable bonds is 3. The van der Waals surface area contributed by atoms with Crippen LogP contribution in [0.1, 0.15) is 25.6 Å². The molecule has 2 aromatic heterocycles. The Balaban J connectivity index is 2.05. The third-order valence-electron chi connectivity index (χ3n) is 4.52. The molecule has 0 spiro atoms. The zero-order chi connectivity index (χ0) is 19.3. The highest BCUT2D eigenvalue weighted by Crippen LogP contribution is 2.40. The maximum absolute atomic E-state index is 14.7. The lowest BCUT2D eigenvalue weighted by molar-refractivity contribution is 0.396. The highest BCUT2D eigenvalue weighted by Gasteiger charge is 2.51. The first kappa shape index (κ1) is 18.7. The summed E-state index contributed by atoms with van der Waals surface area (Å²) in [6, 6.07) is 1.30. The molecule has 1 atom stereocenters. The minimum Gasteiger partial charge on any atom is -0.480 e. The first-order valence-corrected chi connectivity index (χ1v) is 10.2. The molecule has 0 saturated carbocycles. The van der Waals surface area contributed by atoms with Gasteiger partial charge in [-0.05, 0) is 26.8 Å². The molecule has 1 aliphatic rings. The van der Waals surface area contributed by atoms with Crippen LogP contribution in [0.3, 0.4) is 0 Å². The lowest BCUT2D eigenvalue weighted by atomic mass is 9.99. The molecule has 1 saturated heterocycles. The van der Waals surface area contributed by atoms with E-state index < -0.39 is 25.9 Å². The Hall–Kier alpha value is -2.07. The lowest BCUT2D eigenvalue weighted by Crippen LogP contribution is -2.63. The van der Waals surface area contributed by atoms with Gasteiger partial charge in [-0.2, -0.15) is 0 Å². The van der Waals surface area contributed by atoms with Crippen LogP contribution in [0.25, 0.3) is 10.6 Å². The second-order valence-corrected chi connectivity index (χ2v) is 10.4. The van der Waals surface area contributed by atoms with E-state index in [0.717, 1.165) is 11.3 Å². The van der Waals surface area contributed by atoms with Crippen LogP contribution < -0.4 is 10.1 Å². The van der Waals surface area contributed by atoms with E-state index in [4.69, 9.17) is 10.1 Å². The quantitative estimate of drug-likeness (QED) is 0.822. The van der Waals surface area contributed by atoms with E-state index in [9.17, 15) is 12.8 Å². The van der Waals surface area contributed by atoms with Gasteiger partial charge in [0.15, 0.2) is 9.84 Å². The molecule has 0 amide bonds. The predicted molar refractivity (Wildman–Crippen MR) is 97.9 cm³/mol. The number of hydrogen-bond acceptors (Lipinski definition) is 7. The summed E-state index contributed by atoms with van der Waals surface area (Å²) in [5, 5.41) is 11.0. The van der Waals surface area contributed by atoms with Gasteiger partial charge in [0.1, 0.15) is 22.1 Å². The Kier molecular flexibility index (Phi) is 4.31. The van der Waals surface area contributed by atoms with E-state index in [2.05, 4.69) is 15.3 Å². The highest BCUT2D eigenvalue weighted by atomic mass is 32.2. The maximum atomic E-state index is 14.7. The standard InChI is InChI=1S/C16H19FN4O3S2/c1-15(2)14(18)21-16(3,8-26(15,22)23)13-9(17)5-11(25-13)10-6-19-7-12(20-10)24-4/h5-7H,8H2,1-4H3,(H2,18,21)/t16-/m0/s1. The van der Waals surface area contributed by atoms with Crippen molar-refractivity contribution in [3.8, 4) is 16.5 Å². The number of aromatic nitrogens is 2. The maximum Gasteiger partial charge on any atom is 0.232 e. The van der Waals surface area contributed by atoms with Crippen LogP contribution in [0.5, 0.6) is 5.88 Å². The normalized spacial score (nSPS) is 24.1. The van der Waals surface area contributed by atoms with Crippen molar-refractivity contribution in [2.24, 2.45) is 0 Å². The number of ether oxygens (including phenoxy) is 1. The van der Waals surface area contributed by atoms with Crippen LogP contribution in [0.2, 0.25) is 0 Å². The van der Waals surface area contributed by atoms with Crippen molar-refractivity contribution in [1.82, 2.24) is 15.3 Å². The molecule has 1 aliphatic heterocycles. The van der Waals surface area contributed by atoms with Crippen LogP contribution in [-0.4, -0.2) is 41.8 Å². The number of amidine groups is 1. The topological polar surface area (TPSA) is 105 Å². The third kappa shape index (κ3) is 2.86. The zero-order valence-corrected chi connectivity index (χ0v) is 16.4. The van der Waals surface area contributed by atoms with Crippen molar-refractivity contribution in [3.05, 3.63) is 29.2 Å². The van der Waals surface area contributed by atoms with Gasteiger partial charge < -0.3 is 10.1 Å². The fourth-order valence-electron chi connectivity index (χ4n) is 2.74. The smallest absolute Gasteiger partial charge is 0.232 e. The van der Waals surface area contributed by atoms with Gasteiger partial charge >= 0.3 is 0 Å². The van der Waals surface area contributed by atoms with Crippen molar-refractivity contribution < 1.29 is 17.5 Å². The Morgan fingerprint density at radius 1 is 1.35 bits per heavy atom. The minimum atomic E-state index is -3.64. The second-order valence-electron chi connectivity index (χ2n) is 6.84. The van der Waals surface area contributed by atoms with Crippen LogP contribution in [-0.2, 0) is 15.4 Å². The monoisotopic (exact) mass is 398 g/mol. The summed E-state index contributed by atoms with van der Waals surface area (Å²) >= 11 is 1.08. The molecule has 2 aromatic rings. The number of sulfone groups is 1. The van der Waals surface area contributed by atoms with Crippen molar-refractivity contribution in [2.75, 3.05) is 12.9 Å². The third-order valence-corrected chi connectivity index (χ3v) is 8.63. The molecule has 3 heterocycles. The molecule has 7 nitrogen and oxygen atoms in total. The van der Waals surface area contributed by atoms with E-state index >= 15 is 0 Å². The van der Waals surface area contributed by atoms with Gasteiger partial charge in [-0.3, -0.25) is 10.4 Å². The first-order valence-electron chi connectivity index (χ1n) is 7.76. The molecule has 0 aliphatic carbocycles. The molecule has 26 heavy (non-hydrogen) atoms. The molecule has 0 bridgehead atoms. The van der Waals surface area contributed by atoms with Crippen molar-refractivity contribution >= 4 is 27.0 Å². The van der Waals surface area contributed by atoms with Crippen LogP contribution >= 0.6 is 11.3 Å². The van der Waals surface area contributed by atoms with Gasteiger partial charge in [0.05, 0.1) is 40.5 Å². The number of hydrogen-bond donors (Lipinski definition) is 2. The van der Waals surface area contributed by atoms with Gasteiger partial charge in [-0.25, -0.2) is 17.8 Å². The summed E-state index contributed by atoms with van der Waals surface area (Å²) in [6.45, 7) is 4.53. The zero-order valence-electron chi connectivity index (χ0n) is 14.8.